The Hall–Kier alpha value is -1.02. The van der Waals surface area contributed by atoms with Gasteiger partial charge in [-0.05, 0) is 45.7 Å². The fourth-order valence-electron chi connectivity index (χ4n) is 1.55. The molecule has 0 bridgehead atoms. The van der Waals surface area contributed by atoms with Gasteiger partial charge in [-0.15, -0.1) is 0 Å². The zero-order chi connectivity index (χ0) is 14.3. The fourth-order valence-corrected chi connectivity index (χ4v) is 2.55. The molecule has 0 unspecified atom stereocenters. The molecule has 19 heavy (non-hydrogen) atoms. The summed E-state index contributed by atoms with van der Waals surface area (Å²) in [5.41, 5.74) is 0.953. The lowest BCUT2D eigenvalue weighted by atomic mass is 10.3. The van der Waals surface area contributed by atoms with Crippen molar-refractivity contribution < 1.29 is 8.42 Å². The molecule has 0 aliphatic heterocycles. The Labute approximate surface area is 115 Å². The van der Waals surface area contributed by atoms with Gasteiger partial charge in [0, 0.05) is 19.3 Å². The molecule has 2 N–H and O–H groups in total. The Morgan fingerprint density at radius 3 is 2.58 bits per heavy atom. The molecule has 6 nitrogen and oxygen atoms in total. The molecule has 0 amide bonds. The third-order valence-electron chi connectivity index (χ3n) is 2.53. The van der Waals surface area contributed by atoms with Gasteiger partial charge in [0.15, 0.2) is 5.03 Å². The summed E-state index contributed by atoms with van der Waals surface area (Å²) in [4.78, 5) is 5.99. The Kier molecular flexibility index (Phi) is 6.36. The molecular formula is C12H22N4O2S. The van der Waals surface area contributed by atoms with Crippen LogP contribution in [0.1, 0.15) is 12.0 Å². The first-order valence-corrected chi connectivity index (χ1v) is 7.68. The molecule has 1 aromatic rings. The summed E-state index contributed by atoms with van der Waals surface area (Å²) in [6.07, 6.45) is 2.34. The van der Waals surface area contributed by atoms with Crippen molar-refractivity contribution in [3.8, 4) is 0 Å². The van der Waals surface area contributed by atoms with E-state index in [0.717, 1.165) is 18.5 Å². The van der Waals surface area contributed by atoms with E-state index in [-0.39, 0.29) is 5.03 Å². The van der Waals surface area contributed by atoms with Crippen LogP contribution in [-0.4, -0.2) is 52.5 Å². The van der Waals surface area contributed by atoms with Crippen molar-refractivity contribution in [1.29, 1.82) is 0 Å². The molecule has 1 aromatic heterocycles. The van der Waals surface area contributed by atoms with E-state index in [1.165, 1.54) is 6.07 Å². The van der Waals surface area contributed by atoms with Gasteiger partial charge in [0.25, 0.3) is 10.0 Å². The molecule has 0 aromatic carbocycles. The van der Waals surface area contributed by atoms with Gasteiger partial charge >= 0.3 is 0 Å². The summed E-state index contributed by atoms with van der Waals surface area (Å²) in [5.74, 6) is 0. The molecule has 0 atom stereocenters. The molecule has 7 heteroatoms. The Morgan fingerprint density at radius 1 is 1.32 bits per heavy atom. The van der Waals surface area contributed by atoms with Crippen molar-refractivity contribution >= 4 is 10.0 Å². The maximum atomic E-state index is 11.9. The SMILES string of the molecule is CNCc1ccc(S(=O)(=O)NCCCN(C)C)nc1. The van der Waals surface area contributed by atoms with Crippen LogP contribution in [0.4, 0.5) is 0 Å². The van der Waals surface area contributed by atoms with Crippen molar-refractivity contribution in [1.82, 2.24) is 19.9 Å². The normalized spacial score (nSPS) is 12.0. The predicted molar refractivity (Wildman–Crippen MR) is 75.4 cm³/mol. The minimum absolute atomic E-state index is 0.0669. The van der Waals surface area contributed by atoms with Crippen molar-refractivity contribution in [2.24, 2.45) is 0 Å². The first-order chi connectivity index (χ1) is 8.95. The summed E-state index contributed by atoms with van der Waals surface area (Å²) < 4.78 is 26.4. The lowest BCUT2D eigenvalue weighted by Gasteiger charge is -2.10. The average Bonchev–Trinajstić information content (AvgIpc) is 2.36. The number of nitrogens with zero attached hydrogens (tertiary/aromatic N) is 2. The second kappa shape index (κ2) is 7.54. The Bertz CT molecular complexity index is 471. The minimum atomic E-state index is -3.49. The van der Waals surface area contributed by atoms with Crippen LogP contribution >= 0.6 is 0 Å². The van der Waals surface area contributed by atoms with E-state index in [0.29, 0.717) is 13.1 Å². The molecular weight excluding hydrogens is 264 g/mol. The van der Waals surface area contributed by atoms with Gasteiger partial charge in [-0.25, -0.2) is 18.1 Å². The second-order valence-corrected chi connectivity index (χ2v) is 6.30. The minimum Gasteiger partial charge on any atom is -0.316 e. The average molecular weight is 286 g/mol. The highest BCUT2D eigenvalue weighted by atomic mass is 32.2. The van der Waals surface area contributed by atoms with Crippen molar-refractivity contribution in [2.45, 2.75) is 18.0 Å². The zero-order valence-corrected chi connectivity index (χ0v) is 12.5. The van der Waals surface area contributed by atoms with Crippen LogP contribution < -0.4 is 10.0 Å². The lowest BCUT2D eigenvalue weighted by Crippen LogP contribution is -2.28. The highest BCUT2D eigenvalue weighted by Crippen LogP contribution is 2.06. The summed E-state index contributed by atoms with van der Waals surface area (Å²) in [5, 5.41) is 3.05. The topological polar surface area (TPSA) is 74.3 Å². The number of hydrogen-bond acceptors (Lipinski definition) is 5. The molecule has 0 spiro atoms. The van der Waals surface area contributed by atoms with Gasteiger partial charge < -0.3 is 10.2 Å². The van der Waals surface area contributed by atoms with E-state index in [2.05, 4.69) is 15.0 Å². The van der Waals surface area contributed by atoms with Crippen molar-refractivity contribution in [2.75, 3.05) is 34.2 Å². The van der Waals surface area contributed by atoms with Gasteiger partial charge in [0.1, 0.15) is 0 Å². The number of pyridine rings is 1. The molecule has 0 saturated heterocycles. The van der Waals surface area contributed by atoms with Gasteiger partial charge in [-0.2, -0.15) is 0 Å². The molecule has 0 aliphatic rings. The summed E-state index contributed by atoms with van der Waals surface area (Å²) in [6, 6.07) is 3.29. The summed E-state index contributed by atoms with van der Waals surface area (Å²) >= 11 is 0. The van der Waals surface area contributed by atoms with Gasteiger partial charge in [0.05, 0.1) is 0 Å². The molecule has 0 radical (unpaired) electrons. The van der Waals surface area contributed by atoms with Crippen LogP contribution in [0.5, 0.6) is 0 Å². The van der Waals surface area contributed by atoms with Crippen molar-refractivity contribution in [3.63, 3.8) is 0 Å². The highest BCUT2D eigenvalue weighted by Gasteiger charge is 2.14. The van der Waals surface area contributed by atoms with E-state index in [1.807, 2.05) is 26.0 Å². The molecule has 108 valence electrons. The number of nitrogens with one attached hydrogen (secondary N) is 2. The van der Waals surface area contributed by atoms with E-state index in [1.54, 1.807) is 12.3 Å². The van der Waals surface area contributed by atoms with Crippen LogP contribution in [-0.2, 0) is 16.6 Å². The number of rotatable bonds is 8. The molecule has 0 saturated carbocycles. The first-order valence-electron chi connectivity index (χ1n) is 6.19. The molecule has 0 fully saturated rings. The largest absolute Gasteiger partial charge is 0.316 e. The van der Waals surface area contributed by atoms with E-state index < -0.39 is 10.0 Å². The maximum absolute atomic E-state index is 11.9. The number of sulfonamides is 1. The van der Waals surface area contributed by atoms with Crippen molar-refractivity contribution in [3.05, 3.63) is 23.9 Å². The van der Waals surface area contributed by atoms with E-state index in [4.69, 9.17) is 0 Å². The van der Waals surface area contributed by atoms with Crippen LogP contribution in [0.3, 0.4) is 0 Å². The third kappa shape index (κ3) is 5.65. The fraction of sp³-hybridized carbons (Fsp3) is 0.583. The molecule has 1 heterocycles. The summed E-state index contributed by atoms with van der Waals surface area (Å²) in [6.45, 7) is 1.93. The predicted octanol–water partition coefficient (Wildman–Crippen LogP) is 0.0310. The van der Waals surface area contributed by atoms with Gasteiger partial charge in [-0.3, -0.25) is 0 Å². The Morgan fingerprint density at radius 2 is 2.05 bits per heavy atom. The third-order valence-corrected chi connectivity index (χ3v) is 3.90. The highest BCUT2D eigenvalue weighted by molar-refractivity contribution is 7.89. The monoisotopic (exact) mass is 286 g/mol. The lowest BCUT2D eigenvalue weighted by molar-refractivity contribution is 0.400. The first kappa shape index (κ1) is 16.0. The number of aromatic nitrogens is 1. The van der Waals surface area contributed by atoms with Crippen LogP contribution in [0.2, 0.25) is 0 Å². The van der Waals surface area contributed by atoms with Gasteiger partial charge in [-0.1, -0.05) is 6.07 Å². The van der Waals surface area contributed by atoms with Crippen LogP contribution in [0.15, 0.2) is 23.4 Å². The van der Waals surface area contributed by atoms with Gasteiger partial charge in [0.2, 0.25) is 0 Å². The molecule has 1 rings (SSSR count). The quantitative estimate of drug-likeness (QED) is 0.660. The maximum Gasteiger partial charge on any atom is 0.258 e. The zero-order valence-electron chi connectivity index (χ0n) is 11.7. The number of hydrogen-bond donors (Lipinski definition) is 2. The molecule has 0 aliphatic carbocycles. The Balaban J connectivity index is 2.56. The standard InChI is InChI=1S/C12H22N4O2S/c1-13-9-11-5-6-12(14-10-11)19(17,18)15-7-4-8-16(2)3/h5-6,10,13,15H,4,7-9H2,1-3H3. The van der Waals surface area contributed by atoms with Crippen LogP contribution in [0.25, 0.3) is 0 Å². The smallest absolute Gasteiger partial charge is 0.258 e. The summed E-state index contributed by atoms with van der Waals surface area (Å²) in [7, 11) is 2.25. The van der Waals surface area contributed by atoms with Crippen LogP contribution in [0, 0.1) is 0 Å². The second-order valence-electron chi connectivity index (χ2n) is 4.59. The van der Waals surface area contributed by atoms with E-state index in [9.17, 15) is 8.42 Å². The van der Waals surface area contributed by atoms with E-state index >= 15 is 0 Å².